The molecule has 9 heteroatoms. The molecule has 0 radical (unpaired) electrons. The predicted molar refractivity (Wildman–Crippen MR) is 215 cm³/mol. The summed E-state index contributed by atoms with van der Waals surface area (Å²) in [6.45, 7) is 13.2. The predicted octanol–water partition coefficient (Wildman–Crippen LogP) is 10.2. The molecule has 1 fully saturated rings. The molecule has 5 aromatic rings. The van der Waals surface area contributed by atoms with Crippen LogP contribution in [0.15, 0.2) is 109 Å². The second-order valence-corrected chi connectivity index (χ2v) is 14.0. The van der Waals surface area contributed by atoms with Gasteiger partial charge in [0.2, 0.25) is 11.8 Å². The third kappa shape index (κ3) is 11.3. The molecule has 0 spiro atoms. The van der Waals surface area contributed by atoms with E-state index in [-0.39, 0.29) is 18.3 Å². The van der Waals surface area contributed by atoms with Crippen LogP contribution in [-0.2, 0) is 24.6 Å². The number of carbonyl (C=O) groups is 1. The number of hydrogen-bond acceptors (Lipinski definition) is 6. The highest BCUT2D eigenvalue weighted by Crippen LogP contribution is 2.34. The Bertz CT molecular complexity index is 1930. The van der Waals surface area contributed by atoms with Gasteiger partial charge in [-0.2, -0.15) is 0 Å². The molecule has 0 aliphatic carbocycles. The van der Waals surface area contributed by atoms with Gasteiger partial charge in [-0.15, -0.1) is 12.4 Å². The lowest BCUT2D eigenvalue weighted by Gasteiger charge is -2.34. The standard InChI is InChI=1S/C44H46ClN3O4.ClH/c1-31(2)38-14-16-39(17-15-38)50-29-36-11-9-34(10-12-36)28-47-21-23-48(24-22-47)43(49)20-13-37-25-33(4)44(41(45)26-37)52-42-19-18-40(27-46-42)51-30-35-7-5-32(3)6-8-35;/h5-20,25-27,31H,21-24,28-30H2,1-4H3;1H. The Morgan fingerprint density at radius 3 is 2.00 bits per heavy atom. The van der Waals surface area contributed by atoms with Crippen molar-refractivity contribution in [1.82, 2.24) is 14.8 Å². The van der Waals surface area contributed by atoms with E-state index in [1.54, 1.807) is 24.4 Å². The minimum Gasteiger partial charge on any atom is -0.489 e. The van der Waals surface area contributed by atoms with Crippen molar-refractivity contribution in [3.8, 4) is 23.1 Å². The number of piperazine rings is 1. The van der Waals surface area contributed by atoms with E-state index in [0.29, 0.717) is 54.6 Å². The topological polar surface area (TPSA) is 64.1 Å². The molecule has 1 aliphatic heterocycles. The van der Waals surface area contributed by atoms with Crippen molar-refractivity contribution >= 4 is 36.0 Å². The molecule has 6 rings (SSSR count). The molecule has 0 saturated carbocycles. The van der Waals surface area contributed by atoms with Gasteiger partial charge in [-0.25, -0.2) is 4.98 Å². The average molecular weight is 753 g/mol. The molecule has 0 atom stereocenters. The van der Waals surface area contributed by atoms with Crippen molar-refractivity contribution in [2.24, 2.45) is 0 Å². The molecule has 0 unspecified atom stereocenters. The molecule has 53 heavy (non-hydrogen) atoms. The maximum Gasteiger partial charge on any atom is 0.246 e. The van der Waals surface area contributed by atoms with Gasteiger partial charge in [0.25, 0.3) is 0 Å². The first-order chi connectivity index (χ1) is 25.2. The maximum atomic E-state index is 13.1. The Labute approximate surface area is 324 Å². The fraction of sp³-hybridized carbons (Fsp3) is 0.273. The smallest absolute Gasteiger partial charge is 0.246 e. The summed E-state index contributed by atoms with van der Waals surface area (Å²) in [6, 6.07) is 32.5. The third-order valence-corrected chi connectivity index (χ3v) is 9.46. The van der Waals surface area contributed by atoms with Gasteiger partial charge >= 0.3 is 0 Å². The number of amides is 1. The molecule has 1 aromatic heterocycles. The van der Waals surface area contributed by atoms with E-state index in [2.05, 4.69) is 91.3 Å². The van der Waals surface area contributed by atoms with Gasteiger partial charge in [-0.1, -0.05) is 91.7 Å². The number of nitrogens with zero attached hydrogens (tertiary/aromatic N) is 3. The average Bonchev–Trinajstić information content (AvgIpc) is 3.16. The second kappa shape index (κ2) is 18.8. The summed E-state index contributed by atoms with van der Waals surface area (Å²) in [7, 11) is 0. The monoisotopic (exact) mass is 751 g/mol. The number of pyridine rings is 1. The Kier molecular flexibility index (Phi) is 14.0. The van der Waals surface area contributed by atoms with Crippen molar-refractivity contribution in [3.05, 3.63) is 153 Å². The molecule has 1 aliphatic rings. The molecule has 276 valence electrons. The fourth-order valence-corrected chi connectivity index (χ4v) is 6.28. The number of hydrogen-bond donors (Lipinski definition) is 0. The Hall–Kier alpha value is -4.82. The number of carbonyl (C=O) groups excluding carboxylic acids is 1. The number of aryl methyl sites for hydroxylation is 2. The van der Waals surface area contributed by atoms with E-state index in [1.165, 1.54) is 16.7 Å². The number of halogens is 2. The molecular formula is C44H47Cl2N3O4. The minimum absolute atomic E-state index is 0. The van der Waals surface area contributed by atoms with Gasteiger partial charge in [-0.3, -0.25) is 9.69 Å². The van der Waals surface area contributed by atoms with Crippen LogP contribution in [0.4, 0.5) is 0 Å². The summed E-state index contributed by atoms with van der Waals surface area (Å²) in [4.78, 5) is 21.7. The van der Waals surface area contributed by atoms with E-state index in [1.807, 2.05) is 42.2 Å². The summed E-state index contributed by atoms with van der Waals surface area (Å²) in [5, 5.41) is 0.444. The normalized spacial score (nSPS) is 13.2. The van der Waals surface area contributed by atoms with Gasteiger partial charge in [0.05, 0.1) is 11.2 Å². The summed E-state index contributed by atoms with van der Waals surface area (Å²) < 4.78 is 17.9. The third-order valence-electron chi connectivity index (χ3n) is 9.18. The molecule has 0 bridgehead atoms. The Morgan fingerprint density at radius 1 is 0.792 bits per heavy atom. The van der Waals surface area contributed by atoms with Gasteiger partial charge in [-0.05, 0) is 89.6 Å². The maximum absolute atomic E-state index is 13.1. The SMILES string of the molecule is Cc1ccc(COc2ccc(Oc3c(C)cc(C=CC(=O)N4CCN(Cc5ccc(COc6ccc(C(C)C)cc6)cc5)CC4)cc3Cl)nc2)cc1.Cl. The van der Waals surface area contributed by atoms with E-state index in [4.69, 9.17) is 25.8 Å². The van der Waals surface area contributed by atoms with Gasteiger partial charge < -0.3 is 19.1 Å². The van der Waals surface area contributed by atoms with Crippen LogP contribution in [0.2, 0.25) is 5.02 Å². The van der Waals surface area contributed by atoms with E-state index in [9.17, 15) is 4.79 Å². The summed E-state index contributed by atoms with van der Waals surface area (Å²) in [5.74, 6) is 2.97. The lowest BCUT2D eigenvalue weighted by atomic mass is 10.0. The minimum atomic E-state index is -0.00848. The van der Waals surface area contributed by atoms with Crippen molar-refractivity contribution in [2.75, 3.05) is 26.2 Å². The second-order valence-electron chi connectivity index (χ2n) is 13.6. The van der Waals surface area contributed by atoms with Crippen LogP contribution in [0.5, 0.6) is 23.1 Å². The van der Waals surface area contributed by atoms with Gasteiger partial charge in [0.15, 0.2) is 5.75 Å². The molecule has 4 aromatic carbocycles. The van der Waals surface area contributed by atoms with Crippen LogP contribution >= 0.6 is 24.0 Å². The van der Waals surface area contributed by atoms with Crippen molar-refractivity contribution in [1.29, 1.82) is 0 Å². The number of rotatable bonds is 13. The molecule has 1 saturated heterocycles. The van der Waals surface area contributed by atoms with Crippen LogP contribution in [0.25, 0.3) is 6.08 Å². The summed E-state index contributed by atoms with van der Waals surface area (Å²) >= 11 is 6.64. The van der Waals surface area contributed by atoms with Crippen molar-refractivity contribution in [3.63, 3.8) is 0 Å². The Morgan fingerprint density at radius 2 is 1.40 bits per heavy atom. The number of aromatic nitrogens is 1. The molecular weight excluding hydrogens is 705 g/mol. The number of ether oxygens (including phenoxy) is 3. The van der Waals surface area contributed by atoms with Crippen LogP contribution in [0, 0.1) is 13.8 Å². The summed E-state index contributed by atoms with van der Waals surface area (Å²) in [6.07, 6.45) is 5.07. The van der Waals surface area contributed by atoms with E-state index < -0.39 is 0 Å². The molecule has 1 amide bonds. The quantitative estimate of drug-likeness (QED) is 0.112. The summed E-state index contributed by atoms with van der Waals surface area (Å²) in [5.41, 5.74) is 7.67. The van der Waals surface area contributed by atoms with Crippen molar-refractivity contribution < 1.29 is 19.0 Å². The van der Waals surface area contributed by atoms with E-state index in [0.717, 1.165) is 47.6 Å². The van der Waals surface area contributed by atoms with Crippen molar-refractivity contribution in [2.45, 2.75) is 53.4 Å². The zero-order valence-corrected chi connectivity index (χ0v) is 32.3. The lowest BCUT2D eigenvalue weighted by molar-refractivity contribution is -0.127. The lowest BCUT2D eigenvalue weighted by Crippen LogP contribution is -2.47. The number of benzene rings is 4. The first kappa shape index (κ1) is 39.4. The first-order valence-corrected chi connectivity index (χ1v) is 18.2. The largest absolute Gasteiger partial charge is 0.489 e. The fourth-order valence-electron chi connectivity index (χ4n) is 5.96. The van der Waals surface area contributed by atoms with E-state index >= 15 is 0 Å². The van der Waals surface area contributed by atoms with Crippen LogP contribution in [0.3, 0.4) is 0 Å². The van der Waals surface area contributed by atoms with Gasteiger partial charge in [0, 0.05) is 44.9 Å². The van der Waals surface area contributed by atoms with Crippen LogP contribution < -0.4 is 14.2 Å². The van der Waals surface area contributed by atoms with Gasteiger partial charge in [0.1, 0.15) is 24.7 Å². The van der Waals surface area contributed by atoms with Crippen LogP contribution in [-0.4, -0.2) is 46.9 Å². The first-order valence-electron chi connectivity index (χ1n) is 17.8. The Balaban J connectivity index is 0.00000541. The molecule has 7 nitrogen and oxygen atoms in total. The highest BCUT2D eigenvalue weighted by atomic mass is 35.5. The highest BCUT2D eigenvalue weighted by Gasteiger charge is 2.20. The molecule has 0 N–H and O–H groups in total. The molecule has 2 heterocycles. The highest BCUT2D eigenvalue weighted by molar-refractivity contribution is 6.32. The zero-order chi connectivity index (χ0) is 36.5. The zero-order valence-electron chi connectivity index (χ0n) is 30.8. The van der Waals surface area contributed by atoms with Crippen LogP contribution in [0.1, 0.15) is 58.7 Å².